The van der Waals surface area contributed by atoms with Gasteiger partial charge in [0.1, 0.15) is 35.5 Å². The van der Waals surface area contributed by atoms with Crippen molar-refractivity contribution in [1.82, 2.24) is 80.0 Å². The van der Waals surface area contributed by atoms with Gasteiger partial charge in [0.15, 0.2) is 46.3 Å². The van der Waals surface area contributed by atoms with Gasteiger partial charge in [-0.15, -0.1) is 0 Å². The third-order valence-corrected chi connectivity index (χ3v) is 23.5. The third kappa shape index (κ3) is 36.9. The zero-order chi connectivity index (χ0) is 97.4. The van der Waals surface area contributed by atoms with Crippen LogP contribution in [-0.2, 0) is 102 Å². The number of nitrogens with one attached hydrogen (secondary N) is 15. The topological polar surface area (TPSA) is 570 Å². The Bertz CT molecular complexity index is 4720. The minimum Gasteiger partial charge on any atom is -0.508 e. The highest BCUT2D eigenvalue weighted by Gasteiger charge is 2.43. The van der Waals surface area contributed by atoms with Crippen LogP contribution in [0.25, 0.3) is 10.9 Å². The first-order valence-corrected chi connectivity index (χ1v) is 45.5. The molecule has 5 aromatic rings. The Balaban J connectivity index is 1.33. The molecule has 132 heavy (non-hydrogen) atoms. The maximum atomic E-state index is 15.1. The minimum atomic E-state index is -1.86. The number of H-pyrrole nitrogens is 1. The standard InChI is InChI=1S/C96H139N17O19/c1-57(2)43-76(104-63(9)116)92(130)107-88(62(8)115)90(128)89(127)74(46-65-31-23-20-24-32-65)112-113-95(10)41-27-17-15-13-12-14-16-18-28-42-96(11,94(132)106-78(56-114)82(121)50-80(119)60(6)100-54-85(124)73(109-98)45-64-29-21-19-22-30-64)108-93(131)77(44-58(3)4)111-110-71(39-40-87(97)126)84(123)53-99-59(5)79(118)49-81(120)72(48-67-51-102-70-34-26-25-33-69(67)70)105-91(129)75(47-66-35-37-68(117)38-36-66)103-52-83(122)61(7)101-55-86(95)125/h14,16,19-26,29-38,51,57-62,71-78,88,99-103,109-115,117H,12-13,15,17-18,27-28,39-50,52-56,98H2,1-11H3,(H2,97,126)(H,104,116)(H,105,129)(H,106,132)(H,107,130)(H,108,131)/t59-,60-,61-,62+,71-,72-,73-,74-,75-,76-,77-,78-,88-,95+,96-/m0/s1. The van der Waals surface area contributed by atoms with Crippen LogP contribution in [0.15, 0.2) is 128 Å². The molecule has 0 fully saturated rings. The number of aliphatic hydroxyl groups excluding tert-OH is 2. The van der Waals surface area contributed by atoms with Crippen LogP contribution in [0.4, 0.5) is 0 Å². The summed E-state index contributed by atoms with van der Waals surface area (Å²) in [5, 5.41) is 57.9. The van der Waals surface area contributed by atoms with Crippen LogP contribution in [0.5, 0.6) is 5.75 Å². The number of hydrogen-bond donors (Lipinski definition) is 20. The van der Waals surface area contributed by atoms with E-state index in [0.29, 0.717) is 66.1 Å². The van der Waals surface area contributed by atoms with E-state index >= 15 is 9.59 Å². The number of phenolic OH excluding ortho intramolecular Hbond substituents is 1. The summed E-state index contributed by atoms with van der Waals surface area (Å²) in [5.74, 6) is -6.45. The number of aliphatic hydroxyl groups is 2. The molecule has 0 unspecified atom stereocenters. The second kappa shape index (κ2) is 55.5. The number of aromatic hydroxyl groups is 1. The van der Waals surface area contributed by atoms with Gasteiger partial charge in [-0.3, -0.25) is 87.9 Å². The minimum absolute atomic E-state index is 0.0724. The normalized spacial score (nSPS) is 22.3. The first-order chi connectivity index (χ1) is 62.6. The van der Waals surface area contributed by atoms with Gasteiger partial charge in [0.2, 0.25) is 47.0 Å². The summed E-state index contributed by atoms with van der Waals surface area (Å²) in [4.78, 5) is 230. The van der Waals surface area contributed by atoms with Crippen molar-refractivity contribution >= 4 is 104 Å². The predicted molar refractivity (Wildman–Crippen MR) is 498 cm³/mol. The second-order valence-electron chi connectivity index (χ2n) is 35.7. The highest BCUT2D eigenvalue weighted by atomic mass is 16.3. The molecule has 722 valence electrons. The zero-order valence-corrected chi connectivity index (χ0v) is 77.8. The van der Waals surface area contributed by atoms with Crippen molar-refractivity contribution in [3.63, 3.8) is 0 Å². The number of benzene rings is 4. The molecule has 2 heterocycles. The van der Waals surface area contributed by atoms with Crippen molar-refractivity contribution in [1.29, 1.82) is 0 Å². The molecule has 4 aromatic carbocycles. The van der Waals surface area contributed by atoms with E-state index in [1.165, 1.54) is 53.7 Å². The Labute approximate surface area is 772 Å². The smallest absolute Gasteiger partial charge is 0.246 e. The number of amides is 6. The highest BCUT2D eigenvalue weighted by Crippen LogP contribution is 2.24. The van der Waals surface area contributed by atoms with Gasteiger partial charge in [0, 0.05) is 36.9 Å². The molecule has 0 bridgehead atoms. The maximum Gasteiger partial charge on any atom is 0.246 e. The molecule has 1 aromatic heterocycles. The summed E-state index contributed by atoms with van der Waals surface area (Å²) >= 11 is 0. The number of primary amides is 1. The van der Waals surface area contributed by atoms with E-state index < -0.39 is 216 Å². The molecule has 36 heteroatoms. The van der Waals surface area contributed by atoms with Crippen LogP contribution in [0.3, 0.4) is 0 Å². The van der Waals surface area contributed by atoms with Gasteiger partial charge in [-0.1, -0.05) is 150 Å². The summed E-state index contributed by atoms with van der Waals surface area (Å²) in [6.45, 7) is 14.4. The number of fused-ring (bicyclic) bond motifs is 1. The highest BCUT2D eigenvalue weighted by molar-refractivity contribution is 6.41. The van der Waals surface area contributed by atoms with E-state index in [-0.39, 0.29) is 101 Å². The van der Waals surface area contributed by atoms with Gasteiger partial charge >= 0.3 is 0 Å². The average molecular weight is 1840 g/mol. The first-order valence-electron chi connectivity index (χ1n) is 45.5. The Hall–Kier alpha value is -11.0. The molecule has 0 aliphatic carbocycles. The van der Waals surface area contributed by atoms with Crippen molar-refractivity contribution < 1.29 is 92.0 Å². The SMILES string of the molecule is CC(=O)N[C@@H](CC(C)C)C(=O)N[C@H](C(=O)C(=O)[C@H](Cc1ccccc1)NN[C@]1(C)CCCCCCC=CCCC[C@@](C)(C(=O)N[C@@H](CO)C(=O)CC(=O)[C@H](C)NCC(=O)[C@H](Cc2ccccc2)NN)NC(=O)[C@H](CC(C)C)NN[C@@H](CCC(N)=O)C(=O)CN[C@@H](C)C(=O)CC(=O)[C@H](Cc2c[nH]c3ccccc23)NC(=O)[C@H](Cc2ccc(O)cc2)NCC(=O)[C@H](C)NCC1=O)[C@@H](C)O. The van der Waals surface area contributed by atoms with E-state index in [2.05, 4.69) is 80.0 Å². The number of nitrogens with two attached hydrogens (primary N) is 2. The van der Waals surface area contributed by atoms with Crippen LogP contribution >= 0.6 is 0 Å². The first kappa shape index (κ1) is 110. The molecule has 0 saturated heterocycles. The number of allylic oxidation sites excluding steroid dienone is 2. The van der Waals surface area contributed by atoms with Gasteiger partial charge in [-0.2, -0.15) is 0 Å². The lowest BCUT2D eigenvalue weighted by molar-refractivity contribution is -0.142. The zero-order valence-electron chi connectivity index (χ0n) is 77.8. The molecule has 1 aliphatic rings. The number of Topliss-reactive ketones (excluding diaryl/α,β-unsaturated/α-hetero) is 10. The largest absolute Gasteiger partial charge is 0.508 e. The third-order valence-electron chi connectivity index (χ3n) is 23.5. The van der Waals surface area contributed by atoms with Crippen molar-refractivity contribution in [2.75, 3.05) is 32.8 Å². The number of ketones is 10. The van der Waals surface area contributed by atoms with Crippen LogP contribution < -0.4 is 86.6 Å². The lowest BCUT2D eigenvalue weighted by Gasteiger charge is -2.33. The molecule has 15 atom stereocenters. The fourth-order valence-corrected chi connectivity index (χ4v) is 15.1. The summed E-state index contributed by atoms with van der Waals surface area (Å²) in [6, 6.07) is 15.6. The van der Waals surface area contributed by atoms with Crippen molar-refractivity contribution in [3.8, 4) is 5.75 Å². The molecule has 22 N–H and O–H groups in total. The number of phenols is 1. The molecular formula is C96H139N17O19. The lowest BCUT2D eigenvalue weighted by atomic mass is 9.89. The van der Waals surface area contributed by atoms with Crippen molar-refractivity contribution in [2.24, 2.45) is 23.4 Å². The van der Waals surface area contributed by atoms with E-state index in [4.69, 9.17) is 11.6 Å². The van der Waals surface area contributed by atoms with Crippen molar-refractivity contribution in [2.45, 2.75) is 288 Å². The Kier molecular flexibility index (Phi) is 46.1. The van der Waals surface area contributed by atoms with E-state index in [0.717, 1.165) is 5.56 Å². The quantitative estimate of drug-likeness (QED) is 0.00889. The number of aromatic nitrogens is 1. The molecule has 1 aliphatic heterocycles. The fourth-order valence-electron chi connectivity index (χ4n) is 15.1. The number of para-hydroxylation sites is 1. The van der Waals surface area contributed by atoms with Gasteiger partial charge in [0.25, 0.3) is 0 Å². The Morgan fingerprint density at radius 3 is 1.80 bits per heavy atom. The van der Waals surface area contributed by atoms with Crippen LogP contribution in [0.2, 0.25) is 0 Å². The van der Waals surface area contributed by atoms with Crippen LogP contribution in [0, 0.1) is 11.8 Å². The second-order valence-corrected chi connectivity index (χ2v) is 35.7. The molecule has 36 nitrogen and oxygen atoms in total. The van der Waals surface area contributed by atoms with E-state index in [9.17, 15) is 82.4 Å². The number of aromatic amines is 1. The van der Waals surface area contributed by atoms with Gasteiger partial charge < -0.3 is 68.6 Å². The number of hydrogen-bond acceptors (Lipinski definition) is 29. The summed E-state index contributed by atoms with van der Waals surface area (Å²) < 4.78 is 0. The number of carbonyl (C=O) groups is 16. The number of hydrazine groups is 3. The van der Waals surface area contributed by atoms with Gasteiger partial charge in [-0.25, -0.2) is 27.1 Å². The average Bonchev–Trinajstić information content (AvgIpc) is 1.67. The number of rotatable bonds is 37. The van der Waals surface area contributed by atoms with Crippen LogP contribution in [0.1, 0.15) is 195 Å². The fraction of sp³-hybridized carbons (Fsp3) is 0.542. The molecule has 0 spiro atoms. The Morgan fingerprint density at radius 2 is 1.18 bits per heavy atom. The molecular weight excluding hydrogens is 1700 g/mol. The lowest BCUT2D eigenvalue weighted by Crippen LogP contribution is -2.64. The summed E-state index contributed by atoms with van der Waals surface area (Å²) in [5.41, 5.74) is 19.8. The molecule has 0 saturated carbocycles. The van der Waals surface area contributed by atoms with Crippen molar-refractivity contribution in [3.05, 3.63) is 150 Å². The van der Waals surface area contributed by atoms with E-state index in [1.807, 2.05) is 82.3 Å². The maximum absolute atomic E-state index is 15.1. The van der Waals surface area contributed by atoms with Gasteiger partial charge in [0.05, 0.1) is 106 Å². The Morgan fingerprint density at radius 1 is 0.576 bits per heavy atom. The van der Waals surface area contributed by atoms with Gasteiger partial charge in [-0.05, 0) is 171 Å². The number of carbonyl (C=O) groups excluding carboxylic acids is 16. The summed E-state index contributed by atoms with van der Waals surface area (Å²) in [6.07, 6.45) is 5.36. The monoisotopic (exact) mass is 1830 g/mol. The van der Waals surface area contributed by atoms with E-state index in [1.54, 1.807) is 67.7 Å². The predicted octanol–water partition coefficient (Wildman–Crippen LogP) is 2.04. The summed E-state index contributed by atoms with van der Waals surface area (Å²) in [7, 11) is 0. The van der Waals surface area contributed by atoms with Crippen LogP contribution in [-0.4, -0.2) is 236 Å². The molecule has 6 amide bonds. The molecule has 0 radical (unpaired) electrons. The molecule has 6 rings (SSSR count).